The summed E-state index contributed by atoms with van der Waals surface area (Å²) in [5, 5.41) is 0. The first kappa shape index (κ1) is 33.8. The maximum Gasteiger partial charge on any atom is 0.0102 e. The van der Waals surface area contributed by atoms with E-state index in [0.29, 0.717) is 6.54 Å². The van der Waals surface area contributed by atoms with Crippen LogP contribution in [0.25, 0.3) is 0 Å². The average Bonchev–Trinajstić information content (AvgIpc) is 2.34. The van der Waals surface area contributed by atoms with E-state index in [2.05, 4.69) is 96.9 Å². The van der Waals surface area contributed by atoms with Crippen molar-refractivity contribution in [1.82, 2.24) is 0 Å². The lowest BCUT2D eigenvalue weighted by atomic mass is 9.53. The van der Waals surface area contributed by atoms with E-state index < -0.39 is 0 Å². The molecule has 0 heterocycles. The summed E-state index contributed by atoms with van der Waals surface area (Å²) < 4.78 is 0. The molecule has 0 radical (unpaired) electrons. The summed E-state index contributed by atoms with van der Waals surface area (Å²) in [5.41, 5.74) is 25.9. The van der Waals surface area contributed by atoms with Crippen LogP contribution in [-0.4, -0.2) is 23.2 Å². The Morgan fingerprint density at radius 1 is 0.353 bits per heavy atom. The van der Waals surface area contributed by atoms with Crippen LogP contribution < -0.4 is 22.9 Å². The van der Waals surface area contributed by atoms with Crippen molar-refractivity contribution in [2.24, 2.45) is 50.0 Å². The van der Waals surface area contributed by atoms with Crippen LogP contribution in [0.4, 0.5) is 0 Å². The fraction of sp³-hybridized carbons (Fsp3) is 1.00. The molecule has 0 aliphatic rings. The molecule has 0 rings (SSSR count). The second-order valence-corrected chi connectivity index (χ2v) is 17.6. The molecule has 4 heteroatoms. The van der Waals surface area contributed by atoms with Crippen LogP contribution in [0.15, 0.2) is 0 Å². The van der Waals surface area contributed by atoms with Crippen molar-refractivity contribution in [2.45, 2.75) is 158 Å². The van der Waals surface area contributed by atoms with Crippen LogP contribution >= 0.6 is 0 Å². The molecular formula is C30H66N4. The van der Waals surface area contributed by atoms with E-state index in [4.69, 9.17) is 22.9 Å². The maximum atomic E-state index is 6.56. The monoisotopic (exact) mass is 483 g/mol. The molecule has 0 unspecified atom stereocenters. The van der Waals surface area contributed by atoms with Crippen molar-refractivity contribution in [1.29, 1.82) is 0 Å². The van der Waals surface area contributed by atoms with Gasteiger partial charge in [0.2, 0.25) is 0 Å². The summed E-state index contributed by atoms with van der Waals surface area (Å²) in [6.07, 6.45) is 7.39. The van der Waals surface area contributed by atoms with Gasteiger partial charge in [0.1, 0.15) is 0 Å². The summed E-state index contributed by atoms with van der Waals surface area (Å²) in [5.74, 6) is 0. The molecule has 0 aliphatic carbocycles. The van der Waals surface area contributed by atoms with Gasteiger partial charge in [0, 0.05) is 16.6 Å². The summed E-state index contributed by atoms with van der Waals surface area (Å²) in [7, 11) is 0. The largest absolute Gasteiger partial charge is 0.330 e. The zero-order chi connectivity index (χ0) is 27.7. The van der Waals surface area contributed by atoms with E-state index in [1.165, 1.54) is 0 Å². The molecule has 0 saturated heterocycles. The van der Waals surface area contributed by atoms with Crippen LogP contribution in [0.1, 0.15) is 142 Å². The molecule has 206 valence electrons. The molecule has 0 aromatic heterocycles. The minimum atomic E-state index is -0.206. The Morgan fingerprint density at radius 2 is 0.559 bits per heavy atom. The summed E-state index contributed by atoms with van der Waals surface area (Å²) in [4.78, 5) is 0. The van der Waals surface area contributed by atoms with E-state index in [1.807, 2.05) is 0 Å². The molecule has 0 aliphatic heterocycles. The van der Waals surface area contributed by atoms with Crippen LogP contribution in [-0.2, 0) is 0 Å². The first-order chi connectivity index (χ1) is 14.5. The Labute approximate surface area is 215 Å². The SMILES string of the molecule is CC(C)(N)CC(C)(C)CC(CC(C)(C)CN)(CC(C)(C)CC(C)(C)N)CC(C)(C)CC(C)(C)N. The van der Waals surface area contributed by atoms with E-state index >= 15 is 0 Å². The first-order valence-corrected chi connectivity index (χ1v) is 13.6. The second kappa shape index (κ2) is 10.7. The second-order valence-electron chi connectivity index (χ2n) is 17.6. The quantitative estimate of drug-likeness (QED) is 0.202. The highest BCUT2D eigenvalue weighted by atomic mass is 14.7. The van der Waals surface area contributed by atoms with Crippen LogP contribution in [0.3, 0.4) is 0 Å². The van der Waals surface area contributed by atoms with Crippen LogP contribution in [0.5, 0.6) is 0 Å². The molecular weight excluding hydrogens is 416 g/mol. The molecule has 0 saturated carbocycles. The van der Waals surface area contributed by atoms with Gasteiger partial charge in [-0.2, -0.15) is 0 Å². The van der Waals surface area contributed by atoms with Crippen molar-refractivity contribution < 1.29 is 0 Å². The van der Waals surface area contributed by atoms with Gasteiger partial charge in [0.05, 0.1) is 0 Å². The van der Waals surface area contributed by atoms with Crippen molar-refractivity contribution in [3.63, 3.8) is 0 Å². The van der Waals surface area contributed by atoms with Gasteiger partial charge in [-0.25, -0.2) is 0 Å². The third-order valence-electron chi connectivity index (χ3n) is 6.77. The minimum Gasteiger partial charge on any atom is -0.330 e. The molecule has 4 nitrogen and oxygen atoms in total. The summed E-state index contributed by atoms with van der Waals surface area (Å²) >= 11 is 0. The summed E-state index contributed by atoms with van der Waals surface area (Å²) in [6, 6.07) is 0. The molecule has 0 aromatic rings. The lowest BCUT2D eigenvalue weighted by Crippen LogP contribution is -2.47. The van der Waals surface area contributed by atoms with Gasteiger partial charge in [0.15, 0.2) is 0 Å². The third kappa shape index (κ3) is 15.1. The zero-order valence-electron chi connectivity index (χ0n) is 26.0. The zero-order valence-corrected chi connectivity index (χ0v) is 26.0. The van der Waals surface area contributed by atoms with Gasteiger partial charge in [0.25, 0.3) is 0 Å². The van der Waals surface area contributed by atoms with E-state index in [1.54, 1.807) is 0 Å². The number of hydrogen-bond acceptors (Lipinski definition) is 4. The molecule has 0 amide bonds. The van der Waals surface area contributed by atoms with Crippen molar-refractivity contribution >= 4 is 0 Å². The van der Waals surface area contributed by atoms with Crippen molar-refractivity contribution in [3.05, 3.63) is 0 Å². The molecule has 8 N–H and O–H groups in total. The van der Waals surface area contributed by atoms with Gasteiger partial charge in [-0.05, 0) is 120 Å². The Morgan fingerprint density at radius 3 is 0.735 bits per heavy atom. The maximum absolute atomic E-state index is 6.56. The molecule has 0 fully saturated rings. The molecule has 0 atom stereocenters. The van der Waals surface area contributed by atoms with E-state index in [9.17, 15) is 0 Å². The van der Waals surface area contributed by atoms with E-state index in [-0.39, 0.29) is 43.7 Å². The van der Waals surface area contributed by atoms with E-state index in [0.717, 1.165) is 44.9 Å². The summed E-state index contributed by atoms with van der Waals surface area (Å²) in [6.45, 7) is 32.7. The van der Waals surface area contributed by atoms with Crippen LogP contribution in [0, 0.1) is 27.1 Å². The highest BCUT2D eigenvalue weighted by molar-refractivity contribution is 5.00. The van der Waals surface area contributed by atoms with Crippen molar-refractivity contribution in [2.75, 3.05) is 6.54 Å². The minimum absolute atomic E-state index is 0.0525. The Hall–Kier alpha value is -0.160. The number of nitrogens with two attached hydrogens (primary N) is 4. The predicted octanol–water partition coefficient (Wildman–Crippen LogP) is 6.98. The lowest BCUT2D eigenvalue weighted by Gasteiger charge is -2.53. The number of hydrogen-bond donors (Lipinski definition) is 4. The van der Waals surface area contributed by atoms with Gasteiger partial charge >= 0.3 is 0 Å². The Balaban J connectivity index is 6.71. The van der Waals surface area contributed by atoms with Gasteiger partial charge in [-0.1, -0.05) is 55.4 Å². The molecule has 0 bridgehead atoms. The molecule has 0 aromatic carbocycles. The average molecular weight is 483 g/mol. The van der Waals surface area contributed by atoms with Gasteiger partial charge in [-0.15, -0.1) is 0 Å². The third-order valence-corrected chi connectivity index (χ3v) is 6.77. The first-order valence-electron chi connectivity index (χ1n) is 13.6. The van der Waals surface area contributed by atoms with Crippen molar-refractivity contribution in [3.8, 4) is 0 Å². The molecule has 0 spiro atoms. The topological polar surface area (TPSA) is 104 Å². The normalized spacial score (nSPS) is 15.7. The van der Waals surface area contributed by atoms with Crippen LogP contribution in [0.2, 0.25) is 0 Å². The smallest absolute Gasteiger partial charge is 0.0102 e. The highest BCUT2D eigenvalue weighted by Gasteiger charge is 2.47. The Kier molecular flexibility index (Phi) is 10.6. The lowest BCUT2D eigenvalue weighted by molar-refractivity contribution is -0.0103. The van der Waals surface area contributed by atoms with Gasteiger partial charge < -0.3 is 22.9 Å². The highest BCUT2D eigenvalue weighted by Crippen LogP contribution is 2.57. The number of rotatable bonds is 15. The Bertz CT molecular complexity index is 548. The standard InChI is InChI=1S/C30H66N4/c1-23(2,15-27(9,10)32)18-30(21-26(7,8)22-31,19-24(3,4)16-28(11,12)33)20-25(5,6)17-29(13,14)34/h15-22,31-34H2,1-14H3. The predicted molar refractivity (Wildman–Crippen MR) is 154 cm³/mol. The molecule has 34 heavy (non-hydrogen) atoms. The fourth-order valence-electron chi connectivity index (χ4n) is 8.40. The fourth-order valence-corrected chi connectivity index (χ4v) is 8.40. The van der Waals surface area contributed by atoms with Gasteiger partial charge in [-0.3, -0.25) is 0 Å².